The van der Waals surface area contributed by atoms with Crippen molar-refractivity contribution in [3.05, 3.63) is 39.8 Å². The number of azide groups is 1. The highest BCUT2D eigenvalue weighted by molar-refractivity contribution is 6.06. The number of anilines is 1. The van der Waals surface area contributed by atoms with Gasteiger partial charge in [0.2, 0.25) is 17.7 Å². The molecule has 2 aliphatic rings. The largest absolute Gasteiger partial charge is 0.444 e. The van der Waals surface area contributed by atoms with Crippen LogP contribution < -0.4 is 10.6 Å². The highest BCUT2D eigenvalue weighted by Gasteiger charge is 2.40. The van der Waals surface area contributed by atoms with Crippen molar-refractivity contribution in [1.82, 2.24) is 15.1 Å². The van der Waals surface area contributed by atoms with Gasteiger partial charge in [-0.1, -0.05) is 24.0 Å². The first-order chi connectivity index (χ1) is 20.5. The van der Waals surface area contributed by atoms with E-state index in [9.17, 15) is 24.0 Å². The van der Waals surface area contributed by atoms with Crippen LogP contribution in [-0.2, 0) is 30.4 Å². The number of amides is 5. The lowest BCUT2D eigenvalue weighted by Gasteiger charge is -2.29. The Kier molecular flexibility index (Phi) is 12.3. The maximum Gasteiger partial charge on any atom is 0.410 e. The van der Waals surface area contributed by atoms with E-state index in [-0.39, 0.29) is 50.3 Å². The maximum absolute atomic E-state index is 13.0. The van der Waals surface area contributed by atoms with E-state index >= 15 is 0 Å². The highest BCUT2D eigenvalue weighted by Crippen LogP contribution is 2.32. The number of fused-ring (bicyclic) bond motifs is 1. The van der Waals surface area contributed by atoms with Crippen molar-refractivity contribution in [3.63, 3.8) is 0 Å². The second-order valence-corrected chi connectivity index (χ2v) is 11.5. The molecule has 43 heavy (non-hydrogen) atoms. The Morgan fingerprint density at radius 1 is 1.14 bits per heavy atom. The smallest absolute Gasteiger partial charge is 0.410 e. The molecule has 14 heteroatoms. The summed E-state index contributed by atoms with van der Waals surface area (Å²) in [6.45, 7) is 7.22. The molecule has 1 saturated heterocycles. The number of ether oxygens (including phenoxy) is 2. The molecular weight excluding hydrogens is 558 g/mol. The molecule has 0 saturated carbocycles. The Morgan fingerprint density at radius 3 is 2.63 bits per heavy atom. The van der Waals surface area contributed by atoms with Gasteiger partial charge in [-0.05, 0) is 57.7 Å². The van der Waals surface area contributed by atoms with Crippen LogP contribution in [0.4, 0.5) is 10.5 Å². The summed E-state index contributed by atoms with van der Waals surface area (Å²) in [7, 11) is 0. The molecule has 1 atom stereocenters. The van der Waals surface area contributed by atoms with Crippen molar-refractivity contribution in [2.75, 3.05) is 38.2 Å². The van der Waals surface area contributed by atoms with Crippen LogP contribution in [0, 0.1) is 0 Å². The molecule has 5 amide bonds. The molecule has 14 nitrogen and oxygen atoms in total. The molecule has 2 N–H and O–H groups in total. The molecule has 1 aromatic rings. The molecule has 0 bridgehead atoms. The van der Waals surface area contributed by atoms with E-state index in [2.05, 4.69) is 20.7 Å². The summed E-state index contributed by atoms with van der Waals surface area (Å²) < 4.78 is 10.9. The van der Waals surface area contributed by atoms with Crippen LogP contribution in [0.15, 0.2) is 23.3 Å². The van der Waals surface area contributed by atoms with Crippen LogP contribution in [0.5, 0.6) is 0 Å². The molecule has 2 aliphatic heterocycles. The average Bonchev–Trinajstić information content (AvgIpc) is 3.27. The minimum absolute atomic E-state index is 0.173. The number of hydrogen-bond donors (Lipinski definition) is 2. The zero-order valence-electron chi connectivity index (χ0n) is 25.1. The minimum atomic E-state index is -0.718. The van der Waals surface area contributed by atoms with Crippen LogP contribution in [0.1, 0.15) is 81.6 Å². The van der Waals surface area contributed by atoms with Crippen LogP contribution in [0.25, 0.3) is 10.4 Å². The Bertz CT molecular complexity index is 1240. The summed E-state index contributed by atoms with van der Waals surface area (Å²) in [5, 5.41) is 8.61. The first-order valence-electron chi connectivity index (χ1n) is 14.6. The normalized spacial score (nSPS) is 16.3. The topological polar surface area (TPSA) is 183 Å². The van der Waals surface area contributed by atoms with Crippen LogP contribution in [0.2, 0.25) is 0 Å². The Balaban J connectivity index is 1.42. The number of piperidine rings is 1. The van der Waals surface area contributed by atoms with Gasteiger partial charge in [0.25, 0.3) is 5.91 Å². The van der Waals surface area contributed by atoms with E-state index < -0.39 is 23.6 Å². The molecule has 1 fully saturated rings. The number of nitrogens with one attached hydrogen (secondary N) is 2. The number of carbonyl (C=O) groups is 5. The fourth-order valence-corrected chi connectivity index (χ4v) is 4.90. The van der Waals surface area contributed by atoms with Gasteiger partial charge in [0.1, 0.15) is 11.6 Å². The Labute approximate surface area is 251 Å². The van der Waals surface area contributed by atoms with E-state index in [0.29, 0.717) is 49.4 Å². The molecule has 1 unspecified atom stereocenters. The number of carbonyl (C=O) groups excluding carboxylic acids is 5. The predicted octanol–water partition coefficient (Wildman–Crippen LogP) is 3.90. The van der Waals surface area contributed by atoms with Gasteiger partial charge in [-0.3, -0.25) is 24.5 Å². The standard InChI is InChI=1S/C29H41N7O7/c1-29(2,3)43-28(41)35(16-18-42-17-14-31-34-30)15-7-5-4-6-11-24(37)32-22-10-8-9-20-21(22)19-36(27(20)40)23-12-13-25(38)33-26(23)39/h8-10,23H,4-7,11-19H2,1-3H3,(H,32,37)(H,33,38,39). The van der Waals surface area contributed by atoms with Gasteiger partial charge in [-0.25, -0.2) is 4.79 Å². The average molecular weight is 600 g/mol. The third-order valence-corrected chi connectivity index (χ3v) is 6.99. The van der Waals surface area contributed by atoms with Crippen molar-refractivity contribution >= 4 is 35.4 Å². The molecule has 2 heterocycles. The van der Waals surface area contributed by atoms with Gasteiger partial charge >= 0.3 is 6.09 Å². The molecule has 1 aromatic carbocycles. The van der Waals surface area contributed by atoms with Crippen molar-refractivity contribution in [2.45, 2.75) is 83.9 Å². The molecule has 0 spiro atoms. The number of unbranched alkanes of at least 4 members (excludes halogenated alkanes) is 3. The minimum Gasteiger partial charge on any atom is -0.444 e. The van der Waals surface area contributed by atoms with E-state index in [0.717, 1.165) is 19.3 Å². The quantitative estimate of drug-likeness (QED) is 0.101. The van der Waals surface area contributed by atoms with Gasteiger partial charge in [0, 0.05) is 60.7 Å². The molecular formula is C29H41N7O7. The molecule has 0 aromatic heterocycles. The second-order valence-electron chi connectivity index (χ2n) is 11.5. The monoisotopic (exact) mass is 599 g/mol. The summed E-state index contributed by atoms with van der Waals surface area (Å²) in [5.41, 5.74) is 9.35. The van der Waals surface area contributed by atoms with Gasteiger partial charge in [-0.15, -0.1) is 0 Å². The first kappa shape index (κ1) is 33.3. The highest BCUT2D eigenvalue weighted by atomic mass is 16.6. The summed E-state index contributed by atoms with van der Waals surface area (Å²) in [6.07, 6.45) is 3.29. The summed E-state index contributed by atoms with van der Waals surface area (Å²) in [4.78, 5) is 67.9. The predicted molar refractivity (Wildman–Crippen MR) is 157 cm³/mol. The lowest BCUT2D eigenvalue weighted by Crippen LogP contribution is -2.52. The van der Waals surface area contributed by atoms with Crippen LogP contribution in [0.3, 0.4) is 0 Å². The molecule has 0 aliphatic carbocycles. The van der Waals surface area contributed by atoms with Gasteiger partial charge in [0.05, 0.1) is 13.2 Å². The number of rotatable bonds is 15. The summed E-state index contributed by atoms with van der Waals surface area (Å²) >= 11 is 0. The van der Waals surface area contributed by atoms with Crippen LogP contribution >= 0.6 is 0 Å². The molecule has 3 rings (SSSR count). The number of benzene rings is 1. The first-order valence-corrected chi connectivity index (χ1v) is 14.6. The van der Waals surface area contributed by atoms with E-state index in [1.807, 2.05) is 0 Å². The SMILES string of the molecule is CC(C)(C)OC(=O)N(CCCCCCC(=O)Nc1cccc2c1CN(C1CCC(=O)NC1=O)C2=O)CCOCCN=[N+]=[N-]. The van der Waals surface area contributed by atoms with Crippen molar-refractivity contribution in [1.29, 1.82) is 0 Å². The van der Waals surface area contributed by atoms with E-state index in [1.165, 1.54) is 4.90 Å². The van der Waals surface area contributed by atoms with Crippen LogP contribution in [-0.4, -0.2) is 84.0 Å². The second kappa shape index (κ2) is 15.9. The zero-order valence-corrected chi connectivity index (χ0v) is 25.1. The maximum atomic E-state index is 13.0. The lowest BCUT2D eigenvalue weighted by molar-refractivity contribution is -0.137. The fourth-order valence-electron chi connectivity index (χ4n) is 4.90. The van der Waals surface area contributed by atoms with Gasteiger partial charge < -0.3 is 24.6 Å². The third kappa shape index (κ3) is 10.3. The van der Waals surface area contributed by atoms with Crippen molar-refractivity contribution < 1.29 is 33.4 Å². The molecule has 0 radical (unpaired) electrons. The lowest BCUT2D eigenvalue weighted by atomic mass is 10.0. The number of hydrogen-bond acceptors (Lipinski definition) is 8. The van der Waals surface area contributed by atoms with Crippen molar-refractivity contribution in [3.8, 4) is 0 Å². The van der Waals surface area contributed by atoms with Gasteiger partial charge in [0.15, 0.2) is 0 Å². The summed E-state index contributed by atoms with van der Waals surface area (Å²) in [5.74, 6) is -1.29. The molecule has 234 valence electrons. The Hall–Kier alpha value is -4.16. The summed E-state index contributed by atoms with van der Waals surface area (Å²) in [6, 6.07) is 4.39. The Morgan fingerprint density at radius 2 is 1.91 bits per heavy atom. The van der Waals surface area contributed by atoms with E-state index in [4.69, 9.17) is 15.0 Å². The van der Waals surface area contributed by atoms with Gasteiger partial charge in [-0.2, -0.15) is 0 Å². The third-order valence-electron chi connectivity index (χ3n) is 6.99. The number of nitrogens with zero attached hydrogens (tertiary/aromatic N) is 5. The van der Waals surface area contributed by atoms with Crippen molar-refractivity contribution in [2.24, 2.45) is 5.11 Å². The van der Waals surface area contributed by atoms with E-state index in [1.54, 1.807) is 43.9 Å². The zero-order chi connectivity index (χ0) is 31.4. The fraction of sp³-hybridized carbons (Fsp3) is 0.621. The number of imide groups is 1.